The quantitative estimate of drug-likeness (QED) is 0.738. The number of hydrogen-bond acceptors (Lipinski definition) is 3. The largest absolute Gasteiger partial charge is 0.508 e. The molecule has 0 atom stereocenters. The minimum Gasteiger partial charge on any atom is -0.508 e. The van der Waals surface area contributed by atoms with Gasteiger partial charge in [-0.3, -0.25) is 9.59 Å². The number of rotatable bonds is 1. The van der Waals surface area contributed by atoms with Crippen LogP contribution in [0.15, 0.2) is 24.3 Å². The van der Waals surface area contributed by atoms with E-state index in [0.717, 1.165) is 0 Å². The Balaban J connectivity index is 2.17. The van der Waals surface area contributed by atoms with Crippen LogP contribution >= 0.6 is 0 Å². The molecule has 1 fully saturated rings. The molecule has 1 aromatic carbocycles. The van der Waals surface area contributed by atoms with Gasteiger partial charge in [0.15, 0.2) is 5.78 Å². The van der Waals surface area contributed by atoms with Gasteiger partial charge in [-0.2, -0.15) is 0 Å². The maximum Gasteiger partial charge on any atom is 0.254 e. The molecule has 1 aliphatic rings. The number of aromatic hydroxyl groups is 1. The molecule has 0 bridgehead atoms. The van der Waals surface area contributed by atoms with Gasteiger partial charge in [0.05, 0.1) is 6.54 Å². The van der Waals surface area contributed by atoms with Gasteiger partial charge in [-0.15, -0.1) is 0 Å². The van der Waals surface area contributed by atoms with Crippen molar-refractivity contribution in [2.75, 3.05) is 13.1 Å². The highest BCUT2D eigenvalue weighted by Crippen LogP contribution is 2.15. The first kappa shape index (κ1) is 9.71. The highest BCUT2D eigenvalue weighted by Gasteiger charge is 2.24. The van der Waals surface area contributed by atoms with Gasteiger partial charge in [0.2, 0.25) is 0 Å². The Morgan fingerprint density at radius 3 is 2.80 bits per heavy atom. The van der Waals surface area contributed by atoms with Crippen LogP contribution in [0.1, 0.15) is 16.8 Å². The minimum absolute atomic E-state index is 0.0615. The van der Waals surface area contributed by atoms with E-state index in [-0.39, 0.29) is 24.0 Å². The molecular formula is C11H11NO3. The van der Waals surface area contributed by atoms with Gasteiger partial charge >= 0.3 is 0 Å². The zero-order valence-corrected chi connectivity index (χ0v) is 8.14. The van der Waals surface area contributed by atoms with Gasteiger partial charge in [0.1, 0.15) is 5.75 Å². The normalized spacial score (nSPS) is 15.7. The van der Waals surface area contributed by atoms with E-state index < -0.39 is 0 Å². The predicted octanol–water partition coefficient (Wildman–Crippen LogP) is 0.807. The number of phenols is 1. The minimum atomic E-state index is -0.197. The predicted molar refractivity (Wildman–Crippen MR) is 53.6 cm³/mol. The van der Waals surface area contributed by atoms with Crippen LogP contribution in [0.2, 0.25) is 0 Å². The molecular weight excluding hydrogens is 194 g/mol. The number of carbonyl (C=O) groups is 2. The second-order valence-corrected chi connectivity index (χ2v) is 3.57. The van der Waals surface area contributed by atoms with Gasteiger partial charge in [0.25, 0.3) is 5.91 Å². The third kappa shape index (κ3) is 1.98. The Morgan fingerprint density at radius 2 is 2.20 bits per heavy atom. The lowest BCUT2D eigenvalue weighted by atomic mass is 10.2. The van der Waals surface area contributed by atoms with E-state index in [1.54, 1.807) is 12.1 Å². The van der Waals surface area contributed by atoms with Crippen molar-refractivity contribution >= 4 is 11.7 Å². The van der Waals surface area contributed by atoms with Gasteiger partial charge in [-0.05, 0) is 18.2 Å². The molecule has 1 saturated heterocycles. The Hall–Kier alpha value is -1.84. The van der Waals surface area contributed by atoms with Crippen LogP contribution in [-0.2, 0) is 4.79 Å². The number of Topliss-reactive ketones (excluding diaryl/α,β-unsaturated/α-hetero) is 1. The monoisotopic (exact) mass is 205 g/mol. The van der Waals surface area contributed by atoms with Gasteiger partial charge in [0, 0.05) is 18.5 Å². The fraction of sp³-hybridized carbons (Fsp3) is 0.273. The summed E-state index contributed by atoms with van der Waals surface area (Å²) in [4.78, 5) is 24.3. The van der Waals surface area contributed by atoms with Crippen LogP contribution in [0.3, 0.4) is 0 Å². The summed E-state index contributed by atoms with van der Waals surface area (Å²) < 4.78 is 0. The summed E-state index contributed by atoms with van der Waals surface area (Å²) in [7, 11) is 0. The Kier molecular flexibility index (Phi) is 2.41. The third-order valence-corrected chi connectivity index (χ3v) is 2.41. The molecule has 4 heteroatoms. The molecule has 0 radical (unpaired) electrons. The lowest BCUT2D eigenvalue weighted by molar-refractivity contribution is -0.116. The Morgan fingerprint density at radius 1 is 1.40 bits per heavy atom. The number of ketones is 1. The summed E-state index contributed by atoms with van der Waals surface area (Å²) in [6, 6.07) is 6.16. The Labute approximate surface area is 87.1 Å². The van der Waals surface area contributed by atoms with E-state index in [1.807, 2.05) is 0 Å². The molecule has 0 aliphatic carbocycles. The highest BCUT2D eigenvalue weighted by atomic mass is 16.3. The summed E-state index contributed by atoms with van der Waals surface area (Å²) in [5.41, 5.74) is 0.421. The number of likely N-dealkylation sites (tertiary alicyclic amines) is 1. The molecule has 1 amide bonds. The van der Waals surface area contributed by atoms with E-state index in [0.29, 0.717) is 18.5 Å². The summed E-state index contributed by atoms with van der Waals surface area (Å²) in [6.45, 7) is 0.668. The lowest BCUT2D eigenvalue weighted by Gasteiger charge is -2.13. The first-order valence-corrected chi connectivity index (χ1v) is 4.77. The average molecular weight is 205 g/mol. The van der Waals surface area contributed by atoms with E-state index >= 15 is 0 Å². The first-order valence-electron chi connectivity index (χ1n) is 4.77. The molecule has 4 nitrogen and oxygen atoms in total. The third-order valence-electron chi connectivity index (χ3n) is 2.41. The van der Waals surface area contributed by atoms with Crippen LogP contribution in [-0.4, -0.2) is 34.8 Å². The Bertz CT molecular complexity index is 414. The van der Waals surface area contributed by atoms with E-state index in [1.165, 1.54) is 17.0 Å². The van der Waals surface area contributed by atoms with Crippen molar-refractivity contribution in [3.63, 3.8) is 0 Å². The van der Waals surface area contributed by atoms with Crippen LogP contribution in [0.5, 0.6) is 5.75 Å². The first-order chi connectivity index (χ1) is 7.16. The van der Waals surface area contributed by atoms with Crippen molar-refractivity contribution in [2.24, 2.45) is 0 Å². The summed E-state index contributed by atoms with van der Waals surface area (Å²) in [5, 5.41) is 9.22. The van der Waals surface area contributed by atoms with Crippen LogP contribution < -0.4 is 0 Å². The van der Waals surface area contributed by atoms with Crippen LogP contribution in [0.4, 0.5) is 0 Å². The molecule has 0 saturated carbocycles. The zero-order chi connectivity index (χ0) is 10.8. The number of benzene rings is 1. The molecule has 0 spiro atoms. The second-order valence-electron chi connectivity index (χ2n) is 3.57. The summed E-state index contributed by atoms with van der Waals surface area (Å²) >= 11 is 0. The molecule has 0 unspecified atom stereocenters. The van der Waals surface area contributed by atoms with Gasteiger partial charge < -0.3 is 10.0 Å². The highest BCUT2D eigenvalue weighted by molar-refractivity contribution is 5.98. The fourth-order valence-electron chi connectivity index (χ4n) is 1.63. The maximum atomic E-state index is 11.8. The van der Waals surface area contributed by atoms with E-state index in [4.69, 9.17) is 0 Å². The van der Waals surface area contributed by atoms with E-state index in [9.17, 15) is 14.7 Å². The van der Waals surface area contributed by atoms with Gasteiger partial charge in [-0.1, -0.05) is 6.07 Å². The number of carbonyl (C=O) groups excluding carboxylic acids is 2. The summed E-state index contributed by atoms with van der Waals surface area (Å²) in [5.74, 6) is -0.0494. The van der Waals surface area contributed by atoms with Crippen LogP contribution in [0.25, 0.3) is 0 Å². The molecule has 1 aliphatic heterocycles. The molecule has 1 aromatic rings. The topological polar surface area (TPSA) is 57.6 Å². The number of nitrogens with zero attached hydrogens (tertiary/aromatic N) is 1. The van der Waals surface area contributed by atoms with Crippen LogP contribution in [0, 0.1) is 0 Å². The smallest absolute Gasteiger partial charge is 0.254 e. The van der Waals surface area contributed by atoms with Gasteiger partial charge in [-0.25, -0.2) is 0 Å². The fourth-order valence-corrected chi connectivity index (χ4v) is 1.63. The number of amides is 1. The lowest BCUT2D eigenvalue weighted by Crippen LogP contribution is -2.28. The molecule has 1 N–H and O–H groups in total. The number of hydrogen-bond donors (Lipinski definition) is 1. The summed E-state index contributed by atoms with van der Waals surface area (Å²) in [6.07, 6.45) is 0.435. The molecule has 2 rings (SSSR count). The maximum absolute atomic E-state index is 11.8. The molecule has 15 heavy (non-hydrogen) atoms. The number of phenolic OH excluding ortho intramolecular Hbond substituents is 1. The second kappa shape index (κ2) is 3.73. The van der Waals surface area contributed by atoms with Crippen molar-refractivity contribution in [3.8, 4) is 5.75 Å². The molecule has 78 valence electrons. The molecule has 0 aromatic heterocycles. The average Bonchev–Trinajstić information content (AvgIpc) is 2.64. The van der Waals surface area contributed by atoms with Crippen molar-refractivity contribution in [1.82, 2.24) is 4.90 Å². The van der Waals surface area contributed by atoms with Crippen molar-refractivity contribution in [3.05, 3.63) is 29.8 Å². The van der Waals surface area contributed by atoms with E-state index in [2.05, 4.69) is 0 Å². The zero-order valence-electron chi connectivity index (χ0n) is 8.14. The van der Waals surface area contributed by atoms with Crippen molar-refractivity contribution in [2.45, 2.75) is 6.42 Å². The SMILES string of the molecule is O=C1CCN(C(=O)c2cccc(O)c2)C1. The van der Waals surface area contributed by atoms with Crippen molar-refractivity contribution in [1.29, 1.82) is 0 Å². The molecule has 1 heterocycles. The standard InChI is InChI=1S/C11H11NO3/c13-9-3-1-2-8(6-9)11(15)12-5-4-10(14)7-12/h1-3,6,13H,4-5,7H2. The van der Waals surface area contributed by atoms with Crippen molar-refractivity contribution < 1.29 is 14.7 Å².